The van der Waals surface area contributed by atoms with Crippen molar-refractivity contribution >= 4 is 22.9 Å². The fourth-order valence-corrected chi connectivity index (χ4v) is 3.21. The van der Waals surface area contributed by atoms with Crippen LogP contribution in [-0.2, 0) is 0 Å². The number of carbonyl (C=O) groups excluding carboxylic acids is 1. The van der Waals surface area contributed by atoms with Crippen molar-refractivity contribution in [2.24, 2.45) is 0 Å². The van der Waals surface area contributed by atoms with Gasteiger partial charge in [0.05, 0.1) is 17.1 Å². The number of ether oxygens (including phenoxy) is 1. The summed E-state index contributed by atoms with van der Waals surface area (Å²) >= 11 is 0. The van der Waals surface area contributed by atoms with Gasteiger partial charge >= 0.3 is 0 Å². The molecule has 0 aliphatic carbocycles. The Balaban J connectivity index is 1.48. The lowest BCUT2D eigenvalue weighted by Gasteiger charge is -2.11. The van der Waals surface area contributed by atoms with E-state index in [-0.39, 0.29) is 17.6 Å². The number of rotatable bonds is 6. The molecule has 31 heavy (non-hydrogen) atoms. The summed E-state index contributed by atoms with van der Waals surface area (Å²) in [5.41, 5.74) is 4.56. The molecular weight excluding hydrogens is 391 g/mol. The van der Waals surface area contributed by atoms with Gasteiger partial charge in [-0.05, 0) is 60.9 Å². The van der Waals surface area contributed by atoms with Crippen molar-refractivity contribution in [2.45, 2.75) is 20.0 Å². The molecule has 0 saturated heterocycles. The number of hydrogen-bond acceptors (Lipinski definition) is 4. The summed E-state index contributed by atoms with van der Waals surface area (Å²) in [6.07, 6.45) is 6.48. The summed E-state index contributed by atoms with van der Waals surface area (Å²) in [5, 5.41) is 0. The number of ketones is 1. The highest BCUT2D eigenvalue weighted by molar-refractivity contribution is 6.07. The Bertz CT molecular complexity index is 1260. The molecule has 0 fully saturated rings. The molecule has 1 heterocycles. The summed E-state index contributed by atoms with van der Waals surface area (Å²) in [6.45, 7) is 3.71. The van der Waals surface area contributed by atoms with Gasteiger partial charge in [0.2, 0.25) is 0 Å². The molecule has 4 aromatic rings. The summed E-state index contributed by atoms with van der Waals surface area (Å²) in [7, 11) is 0. The highest BCUT2D eigenvalue weighted by Crippen LogP contribution is 2.26. The highest BCUT2D eigenvalue weighted by atomic mass is 19.1. The van der Waals surface area contributed by atoms with Gasteiger partial charge < -0.3 is 4.74 Å². The molecule has 0 unspecified atom stereocenters. The molecule has 0 N–H and O–H groups in total. The molecule has 0 amide bonds. The molecule has 0 atom stereocenters. The largest absolute Gasteiger partial charge is 0.488 e. The molecule has 0 radical (unpaired) electrons. The van der Waals surface area contributed by atoms with E-state index in [1.807, 2.05) is 44.2 Å². The van der Waals surface area contributed by atoms with Crippen LogP contribution in [0.5, 0.6) is 5.75 Å². The van der Waals surface area contributed by atoms with E-state index in [1.165, 1.54) is 12.1 Å². The second-order valence-corrected chi connectivity index (χ2v) is 7.39. The maximum absolute atomic E-state index is 14.3. The minimum atomic E-state index is -0.408. The van der Waals surface area contributed by atoms with Gasteiger partial charge in [-0.3, -0.25) is 14.8 Å². The lowest BCUT2D eigenvalue weighted by atomic mass is 10.0. The van der Waals surface area contributed by atoms with Crippen LogP contribution in [0.15, 0.2) is 79.1 Å². The standard InChI is InChI=1S/C26H21FN2O2/c1-17(2)31-26-12-9-21(16-22(26)27)19-5-7-20(8-6-19)25(30)11-4-18-3-10-23-24(15-18)29-14-13-28-23/h3-17H,1-2H3/b11-4+. The zero-order chi connectivity index (χ0) is 21.8. The lowest BCUT2D eigenvalue weighted by molar-refractivity contribution is 0.104. The fraction of sp³-hybridized carbons (Fsp3) is 0.115. The van der Waals surface area contributed by atoms with Gasteiger partial charge in [0.1, 0.15) is 0 Å². The predicted octanol–water partition coefficient (Wildman–Crippen LogP) is 6.12. The third kappa shape index (κ3) is 4.83. The average Bonchev–Trinajstić information content (AvgIpc) is 2.78. The van der Waals surface area contributed by atoms with E-state index in [4.69, 9.17) is 4.74 Å². The first-order chi connectivity index (χ1) is 15.0. The van der Waals surface area contributed by atoms with Crippen molar-refractivity contribution in [3.63, 3.8) is 0 Å². The van der Waals surface area contributed by atoms with Gasteiger partial charge in [-0.25, -0.2) is 4.39 Å². The van der Waals surface area contributed by atoms with Crippen LogP contribution in [0.3, 0.4) is 0 Å². The predicted molar refractivity (Wildman–Crippen MR) is 121 cm³/mol. The monoisotopic (exact) mass is 412 g/mol. The van der Waals surface area contributed by atoms with E-state index >= 15 is 0 Å². The van der Waals surface area contributed by atoms with Gasteiger partial charge in [0.25, 0.3) is 0 Å². The first-order valence-corrected chi connectivity index (χ1v) is 9.99. The number of allylic oxidation sites excluding steroid dienone is 1. The first kappa shape index (κ1) is 20.4. The Labute approximate surface area is 180 Å². The maximum atomic E-state index is 14.3. The van der Waals surface area contributed by atoms with Crippen molar-refractivity contribution in [3.8, 4) is 16.9 Å². The molecule has 0 bridgehead atoms. The van der Waals surface area contributed by atoms with Crippen molar-refractivity contribution in [1.82, 2.24) is 9.97 Å². The minimum Gasteiger partial charge on any atom is -0.488 e. The molecule has 3 aromatic carbocycles. The molecule has 154 valence electrons. The van der Waals surface area contributed by atoms with Crippen molar-refractivity contribution in [2.75, 3.05) is 0 Å². The quantitative estimate of drug-likeness (QED) is 0.283. The highest BCUT2D eigenvalue weighted by Gasteiger charge is 2.09. The summed E-state index contributed by atoms with van der Waals surface area (Å²) in [6, 6.07) is 17.6. The Morgan fingerprint density at radius 1 is 0.903 bits per heavy atom. The number of carbonyl (C=O) groups is 1. The van der Waals surface area contributed by atoms with Crippen LogP contribution in [0, 0.1) is 5.82 Å². The van der Waals surface area contributed by atoms with Crippen molar-refractivity contribution < 1.29 is 13.9 Å². The minimum absolute atomic E-state index is 0.0961. The molecule has 1 aromatic heterocycles. The average molecular weight is 412 g/mol. The molecule has 0 saturated carbocycles. The van der Waals surface area contributed by atoms with E-state index in [0.29, 0.717) is 5.56 Å². The third-order valence-corrected chi connectivity index (χ3v) is 4.72. The van der Waals surface area contributed by atoms with Crippen LogP contribution in [0.2, 0.25) is 0 Å². The molecule has 0 spiro atoms. The van der Waals surface area contributed by atoms with Crippen LogP contribution in [0.1, 0.15) is 29.8 Å². The fourth-order valence-electron chi connectivity index (χ4n) is 3.21. The van der Waals surface area contributed by atoms with E-state index in [0.717, 1.165) is 27.7 Å². The SMILES string of the molecule is CC(C)Oc1ccc(-c2ccc(C(=O)/C=C/c3ccc4nccnc4c3)cc2)cc1F. The Hall–Kier alpha value is -3.86. The third-order valence-electron chi connectivity index (χ3n) is 4.72. The van der Waals surface area contributed by atoms with E-state index < -0.39 is 5.82 Å². The first-order valence-electron chi connectivity index (χ1n) is 9.99. The number of halogens is 1. The zero-order valence-corrected chi connectivity index (χ0v) is 17.2. The van der Waals surface area contributed by atoms with Crippen LogP contribution >= 0.6 is 0 Å². The van der Waals surface area contributed by atoms with Gasteiger partial charge in [0.15, 0.2) is 17.3 Å². The van der Waals surface area contributed by atoms with E-state index in [1.54, 1.807) is 42.7 Å². The number of hydrogen-bond donors (Lipinski definition) is 0. The van der Waals surface area contributed by atoms with E-state index in [2.05, 4.69) is 9.97 Å². The molecular formula is C26H21FN2O2. The zero-order valence-electron chi connectivity index (χ0n) is 17.2. The van der Waals surface area contributed by atoms with Crippen LogP contribution in [0.4, 0.5) is 4.39 Å². The summed E-state index contributed by atoms with van der Waals surface area (Å²) < 4.78 is 19.7. The molecule has 0 aliphatic rings. The smallest absolute Gasteiger partial charge is 0.185 e. The molecule has 4 rings (SSSR count). The van der Waals surface area contributed by atoms with Crippen LogP contribution in [-0.4, -0.2) is 21.9 Å². The van der Waals surface area contributed by atoms with Gasteiger partial charge in [0, 0.05) is 18.0 Å². The van der Waals surface area contributed by atoms with Crippen molar-refractivity contribution in [3.05, 3.63) is 96.1 Å². The Morgan fingerprint density at radius 3 is 2.32 bits per heavy atom. The van der Waals surface area contributed by atoms with Crippen LogP contribution < -0.4 is 4.74 Å². The number of benzene rings is 3. The molecule has 5 heteroatoms. The Kier molecular flexibility index (Phi) is 5.85. The van der Waals surface area contributed by atoms with Crippen LogP contribution in [0.25, 0.3) is 28.2 Å². The molecule has 4 nitrogen and oxygen atoms in total. The van der Waals surface area contributed by atoms with Gasteiger partial charge in [-0.15, -0.1) is 0 Å². The lowest BCUT2D eigenvalue weighted by Crippen LogP contribution is -2.06. The number of aromatic nitrogens is 2. The number of fused-ring (bicyclic) bond motifs is 1. The maximum Gasteiger partial charge on any atom is 0.185 e. The summed E-state index contributed by atoms with van der Waals surface area (Å²) in [4.78, 5) is 21.1. The second-order valence-electron chi connectivity index (χ2n) is 7.39. The molecule has 0 aliphatic heterocycles. The topological polar surface area (TPSA) is 52.1 Å². The second kappa shape index (κ2) is 8.88. The number of nitrogens with zero attached hydrogens (tertiary/aromatic N) is 2. The van der Waals surface area contributed by atoms with Gasteiger partial charge in [-0.1, -0.05) is 42.5 Å². The normalized spacial score (nSPS) is 11.4. The summed E-state index contributed by atoms with van der Waals surface area (Å²) in [5.74, 6) is -0.289. The van der Waals surface area contributed by atoms with Crippen molar-refractivity contribution in [1.29, 1.82) is 0 Å². The Morgan fingerprint density at radius 2 is 1.61 bits per heavy atom. The van der Waals surface area contributed by atoms with Gasteiger partial charge in [-0.2, -0.15) is 0 Å². The van der Waals surface area contributed by atoms with E-state index in [9.17, 15) is 9.18 Å².